The van der Waals surface area contributed by atoms with Gasteiger partial charge in [0.2, 0.25) is 0 Å². The van der Waals surface area contributed by atoms with E-state index in [0.717, 1.165) is 45.6 Å². The van der Waals surface area contributed by atoms with Crippen molar-refractivity contribution in [3.8, 4) is 0 Å². The molecule has 0 atom stereocenters. The van der Waals surface area contributed by atoms with Crippen molar-refractivity contribution in [2.24, 2.45) is 5.73 Å². The van der Waals surface area contributed by atoms with Gasteiger partial charge in [-0.3, -0.25) is 4.90 Å². The van der Waals surface area contributed by atoms with Crippen LogP contribution in [0.2, 0.25) is 0 Å². The highest BCUT2D eigenvalue weighted by molar-refractivity contribution is 5.15. The van der Waals surface area contributed by atoms with Gasteiger partial charge in [-0.05, 0) is 31.9 Å². The van der Waals surface area contributed by atoms with Gasteiger partial charge in [-0.1, -0.05) is 30.3 Å². The Balaban J connectivity index is 1.91. The number of nitrogens with two attached hydrogens (primary N) is 1. The van der Waals surface area contributed by atoms with Crippen LogP contribution in [0.5, 0.6) is 0 Å². The maximum Gasteiger partial charge on any atom is 0.0484 e. The summed E-state index contributed by atoms with van der Waals surface area (Å²) in [7, 11) is 2.20. The van der Waals surface area contributed by atoms with E-state index in [-0.39, 0.29) is 5.54 Å². The van der Waals surface area contributed by atoms with Gasteiger partial charge in [0, 0.05) is 31.8 Å². The molecule has 1 heterocycles. The molecule has 0 aliphatic carbocycles. The van der Waals surface area contributed by atoms with Gasteiger partial charge in [-0.15, -0.1) is 0 Å². The van der Waals surface area contributed by atoms with Crippen LogP contribution in [0.25, 0.3) is 0 Å². The summed E-state index contributed by atoms with van der Waals surface area (Å²) in [4.78, 5) is 2.43. The smallest absolute Gasteiger partial charge is 0.0484 e. The van der Waals surface area contributed by atoms with Gasteiger partial charge in [0.25, 0.3) is 0 Å². The molecule has 1 saturated heterocycles. The minimum Gasteiger partial charge on any atom is -0.381 e. The first-order chi connectivity index (χ1) is 8.77. The highest BCUT2D eigenvalue weighted by atomic mass is 16.5. The molecule has 1 aliphatic rings. The number of ether oxygens (including phenoxy) is 1. The maximum absolute atomic E-state index is 6.01. The predicted octanol–water partition coefficient (Wildman–Crippen LogP) is 1.67. The minimum absolute atomic E-state index is 0.146. The molecule has 0 amide bonds. The maximum atomic E-state index is 6.01. The zero-order valence-electron chi connectivity index (χ0n) is 11.3. The molecule has 0 unspecified atom stereocenters. The normalized spacial score (nSPS) is 19.1. The van der Waals surface area contributed by atoms with Gasteiger partial charge in [-0.25, -0.2) is 0 Å². The Morgan fingerprint density at radius 1 is 1.22 bits per heavy atom. The Morgan fingerprint density at radius 2 is 1.89 bits per heavy atom. The minimum atomic E-state index is 0.146. The van der Waals surface area contributed by atoms with Gasteiger partial charge in [-0.2, -0.15) is 0 Å². The van der Waals surface area contributed by atoms with E-state index >= 15 is 0 Å². The Kier molecular flexibility index (Phi) is 4.75. The molecule has 2 rings (SSSR count). The number of hydrogen-bond donors (Lipinski definition) is 1. The van der Waals surface area contributed by atoms with Crippen molar-refractivity contribution in [3.63, 3.8) is 0 Å². The number of hydrogen-bond acceptors (Lipinski definition) is 3. The fourth-order valence-electron chi connectivity index (χ4n) is 2.67. The van der Waals surface area contributed by atoms with Crippen LogP contribution in [0.15, 0.2) is 30.3 Å². The van der Waals surface area contributed by atoms with E-state index in [1.165, 1.54) is 5.56 Å². The third-order valence-electron chi connectivity index (χ3n) is 4.19. The van der Waals surface area contributed by atoms with Crippen LogP contribution in [-0.2, 0) is 11.2 Å². The molecule has 3 nitrogen and oxygen atoms in total. The molecule has 0 spiro atoms. The van der Waals surface area contributed by atoms with Crippen molar-refractivity contribution >= 4 is 0 Å². The molecule has 2 N–H and O–H groups in total. The standard InChI is InChI=1S/C15H24N2O/c1-17(10-7-14-5-3-2-4-6-14)15(13-16)8-11-18-12-9-15/h2-6H,7-13,16H2,1H3. The Morgan fingerprint density at radius 3 is 2.50 bits per heavy atom. The summed E-state index contributed by atoms with van der Waals surface area (Å²) in [6.45, 7) is 3.46. The predicted molar refractivity (Wildman–Crippen MR) is 74.6 cm³/mol. The fraction of sp³-hybridized carbons (Fsp3) is 0.600. The molecule has 1 aromatic carbocycles. The molecule has 0 aromatic heterocycles. The number of likely N-dealkylation sites (N-methyl/N-ethyl adjacent to an activating group) is 1. The van der Waals surface area contributed by atoms with Crippen molar-refractivity contribution < 1.29 is 4.74 Å². The average molecular weight is 248 g/mol. The Labute approximate surface area is 110 Å². The van der Waals surface area contributed by atoms with Crippen LogP contribution in [0.4, 0.5) is 0 Å². The molecule has 0 bridgehead atoms. The second-order valence-electron chi connectivity index (χ2n) is 5.20. The summed E-state index contributed by atoms with van der Waals surface area (Å²) in [5.74, 6) is 0. The lowest BCUT2D eigenvalue weighted by molar-refractivity contribution is -0.0125. The second kappa shape index (κ2) is 6.32. The number of benzene rings is 1. The molecule has 0 radical (unpaired) electrons. The first kappa shape index (κ1) is 13.5. The van der Waals surface area contributed by atoms with Crippen LogP contribution in [-0.4, -0.2) is 43.8 Å². The van der Waals surface area contributed by atoms with Gasteiger partial charge >= 0.3 is 0 Å². The van der Waals surface area contributed by atoms with Crippen LogP contribution < -0.4 is 5.73 Å². The lowest BCUT2D eigenvalue weighted by Gasteiger charge is -2.44. The first-order valence-corrected chi connectivity index (χ1v) is 6.80. The van der Waals surface area contributed by atoms with Gasteiger partial charge < -0.3 is 10.5 Å². The third kappa shape index (κ3) is 3.10. The topological polar surface area (TPSA) is 38.5 Å². The molecule has 1 aromatic rings. The summed E-state index contributed by atoms with van der Waals surface area (Å²) in [5.41, 5.74) is 7.55. The van der Waals surface area contributed by atoms with Crippen molar-refractivity contribution in [2.45, 2.75) is 24.8 Å². The SMILES string of the molecule is CN(CCc1ccccc1)C1(CN)CCOCC1. The summed E-state index contributed by atoms with van der Waals surface area (Å²) >= 11 is 0. The molecular weight excluding hydrogens is 224 g/mol. The van der Waals surface area contributed by atoms with E-state index in [1.54, 1.807) is 0 Å². The summed E-state index contributed by atoms with van der Waals surface area (Å²) < 4.78 is 5.46. The van der Waals surface area contributed by atoms with Crippen molar-refractivity contribution in [1.82, 2.24) is 4.90 Å². The Hall–Kier alpha value is -0.900. The fourth-order valence-corrected chi connectivity index (χ4v) is 2.67. The first-order valence-electron chi connectivity index (χ1n) is 6.80. The molecular formula is C15H24N2O. The molecule has 0 saturated carbocycles. The Bertz CT molecular complexity index is 347. The molecule has 1 aliphatic heterocycles. The summed E-state index contributed by atoms with van der Waals surface area (Å²) in [6.07, 6.45) is 3.18. The highest BCUT2D eigenvalue weighted by Gasteiger charge is 2.34. The largest absolute Gasteiger partial charge is 0.381 e. The van der Waals surface area contributed by atoms with Crippen LogP contribution in [0.1, 0.15) is 18.4 Å². The van der Waals surface area contributed by atoms with Crippen molar-refractivity contribution in [3.05, 3.63) is 35.9 Å². The number of rotatable bonds is 5. The lowest BCUT2D eigenvalue weighted by atomic mass is 9.88. The van der Waals surface area contributed by atoms with Gasteiger partial charge in [0.15, 0.2) is 0 Å². The molecule has 3 heteroatoms. The third-order valence-corrected chi connectivity index (χ3v) is 4.19. The average Bonchev–Trinajstić information content (AvgIpc) is 2.46. The highest BCUT2D eigenvalue weighted by Crippen LogP contribution is 2.25. The van der Waals surface area contributed by atoms with Crippen LogP contribution in [0.3, 0.4) is 0 Å². The van der Waals surface area contributed by atoms with Crippen molar-refractivity contribution in [2.75, 3.05) is 33.4 Å². The zero-order chi connectivity index (χ0) is 12.8. The van der Waals surface area contributed by atoms with E-state index in [1.807, 2.05) is 0 Å². The van der Waals surface area contributed by atoms with Crippen LogP contribution >= 0.6 is 0 Å². The molecule has 100 valence electrons. The molecule has 18 heavy (non-hydrogen) atoms. The van der Waals surface area contributed by atoms with E-state index < -0.39 is 0 Å². The van der Waals surface area contributed by atoms with Crippen molar-refractivity contribution in [1.29, 1.82) is 0 Å². The van der Waals surface area contributed by atoms with E-state index in [9.17, 15) is 0 Å². The number of nitrogens with zero attached hydrogens (tertiary/aromatic N) is 1. The summed E-state index contributed by atoms with van der Waals surface area (Å²) in [6, 6.07) is 10.6. The van der Waals surface area contributed by atoms with Gasteiger partial charge in [0.05, 0.1) is 0 Å². The van der Waals surface area contributed by atoms with Crippen LogP contribution in [0, 0.1) is 0 Å². The quantitative estimate of drug-likeness (QED) is 0.861. The second-order valence-corrected chi connectivity index (χ2v) is 5.20. The van der Waals surface area contributed by atoms with E-state index in [2.05, 4.69) is 42.3 Å². The summed E-state index contributed by atoms with van der Waals surface area (Å²) in [5, 5.41) is 0. The molecule has 1 fully saturated rings. The van der Waals surface area contributed by atoms with Gasteiger partial charge in [0.1, 0.15) is 0 Å². The van der Waals surface area contributed by atoms with E-state index in [4.69, 9.17) is 10.5 Å². The monoisotopic (exact) mass is 248 g/mol. The van der Waals surface area contributed by atoms with E-state index in [0.29, 0.717) is 0 Å². The lowest BCUT2D eigenvalue weighted by Crippen LogP contribution is -2.55. The zero-order valence-corrected chi connectivity index (χ0v) is 11.3.